The van der Waals surface area contributed by atoms with Gasteiger partial charge in [-0.1, -0.05) is 42.5 Å². The van der Waals surface area contributed by atoms with E-state index >= 15 is 0 Å². The van der Waals surface area contributed by atoms with E-state index in [0.717, 1.165) is 47.3 Å². The Labute approximate surface area is 206 Å². The molecule has 0 aliphatic heterocycles. The molecule has 1 aliphatic carbocycles. The van der Waals surface area contributed by atoms with Gasteiger partial charge in [0.15, 0.2) is 0 Å². The second-order valence-electron chi connectivity index (χ2n) is 9.02. The minimum absolute atomic E-state index is 0.0973. The summed E-state index contributed by atoms with van der Waals surface area (Å²) in [6, 6.07) is 26.7. The SMILES string of the molecule is N#Cc1ccc(CN(Cc2cc(-c3ccccc3)ccn2)C2CCCc3cccnc32)c(CO)c1. The summed E-state index contributed by atoms with van der Waals surface area (Å²) < 4.78 is 0. The smallest absolute Gasteiger partial charge is 0.0991 e. The van der Waals surface area contributed by atoms with Crippen molar-refractivity contribution in [2.75, 3.05) is 0 Å². The third kappa shape index (κ3) is 5.14. The van der Waals surface area contributed by atoms with E-state index in [0.29, 0.717) is 18.7 Å². The van der Waals surface area contributed by atoms with Crippen LogP contribution in [0.15, 0.2) is 85.2 Å². The van der Waals surface area contributed by atoms with Crippen LogP contribution in [0.5, 0.6) is 0 Å². The summed E-state index contributed by atoms with van der Waals surface area (Å²) >= 11 is 0. The minimum atomic E-state index is -0.0973. The van der Waals surface area contributed by atoms with E-state index in [2.05, 4.69) is 35.2 Å². The van der Waals surface area contributed by atoms with Crippen LogP contribution in [0.4, 0.5) is 0 Å². The Bertz CT molecular complexity index is 1350. The molecule has 0 amide bonds. The number of hydrogen-bond donors (Lipinski definition) is 1. The summed E-state index contributed by atoms with van der Waals surface area (Å²) in [7, 11) is 0. The summed E-state index contributed by atoms with van der Waals surface area (Å²) in [4.78, 5) is 11.9. The average molecular weight is 461 g/mol. The van der Waals surface area contributed by atoms with Crippen molar-refractivity contribution < 1.29 is 5.11 Å². The first-order valence-electron chi connectivity index (χ1n) is 12.1. The number of aliphatic hydroxyl groups is 1. The van der Waals surface area contributed by atoms with Crippen LogP contribution in [0, 0.1) is 11.3 Å². The molecule has 2 heterocycles. The van der Waals surface area contributed by atoms with E-state index in [1.165, 1.54) is 11.1 Å². The van der Waals surface area contributed by atoms with Crippen molar-refractivity contribution in [1.82, 2.24) is 14.9 Å². The van der Waals surface area contributed by atoms with Crippen LogP contribution in [-0.2, 0) is 26.1 Å². The topological polar surface area (TPSA) is 73.0 Å². The molecule has 0 fully saturated rings. The van der Waals surface area contributed by atoms with Crippen LogP contribution >= 0.6 is 0 Å². The highest BCUT2D eigenvalue weighted by Gasteiger charge is 2.28. The first-order chi connectivity index (χ1) is 17.2. The molecule has 2 aromatic carbocycles. The number of aliphatic hydroxyl groups excluding tert-OH is 1. The van der Waals surface area contributed by atoms with Gasteiger partial charge in [-0.25, -0.2) is 0 Å². The molecular formula is C30H28N4O. The molecule has 1 atom stereocenters. The Kier molecular flexibility index (Phi) is 6.94. The van der Waals surface area contributed by atoms with Crippen LogP contribution in [0.1, 0.15) is 52.5 Å². The summed E-state index contributed by atoms with van der Waals surface area (Å²) in [6.07, 6.45) is 6.94. The van der Waals surface area contributed by atoms with Crippen molar-refractivity contribution in [3.63, 3.8) is 0 Å². The molecule has 0 saturated heterocycles. The fraction of sp³-hybridized carbons (Fsp3) is 0.233. The lowest BCUT2D eigenvalue weighted by Crippen LogP contribution is -2.32. The van der Waals surface area contributed by atoms with Gasteiger partial charge in [-0.05, 0) is 77.4 Å². The van der Waals surface area contributed by atoms with Gasteiger partial charge in [-0.2, -0.15) is 5.26 Å². The second-order valence-corrected chi connectivity index (χ2v) is 9.02. The van der Waals surface area contributed by atoms with Crippen molar-refractivity contribution in [3.05, 3.63) is 119 Å². The Morgan fingerprint density at radius 1 is 0.886 bits per heavy atom. The molecule has 0 spiro atoms. The van der Waals surface area contributed by atoms with Gasteiger partial charge >= 0.3 is 0 Å². The number of aryl methyl sites for hydroxylation is 1. The number of hydrogen-bond acceptors (Lipinski definition) is 5. The van der Waals surface area contributed by atoms with Crippen molar-refractivity contribution in [1.29, 1.82) is 5.26 Å². The normalized spacial score (nSPS) is 14.9. The Balaban J connectivity index is 1.51. The third-order valence-electron chi connectivity index (χ3n) is 6.77. The van der Waals surface area contributed by atoms with Gasteiger partial charge in [0.25, 0.3) is 0 Å². The molecule has 35 heavy (non-hydrogen) atoms. The first-order valence-corrected chi connectivity index (χ1v) is 12.1. The molecule has 0 saturated carbocycles. The molecule has 2 aromatic heterocycles. The summed E-state index contributed by atoms with van der Waals surface area (Å²) in [5, 5.41) is 19.3. The summed E-state index contributed by atoms with van der Waals surface area (Å²) in [6.45, 7) is 1.20. The van der Waals surface area contributed by atoms with E-state index in [9.17, 15) is 10.4 Å². The number of nitrogens with zero attached hydrogens (tertiary/aromatic N) is 4. The van der Waals surface area contributed by atoms with Crippen LogP contribution < -0.4 is 0 Å². The highest BCUT2D eigenvalue weighted by atomic mass is 16.3. The fourth-order valence-electron chi connectivity index (χ4n) is 5.02. The molecule has 1 aliphatic rings. The largest absolute Gasteiger partial charge is 0.392 e. The molecule has 0 radical (unpaired) electrons. The third-order valence-corrected chi connectivity index (χ3v) is 6.77. The maximum absolute atomic E-state index is 10.0. The zero-order valence-electron chi connectivity index (χ0n) is 19.6. The van der Waals surface area contributed by atoms with Crippen molar-refractivity contribution >= 4 is 0 Å². The van der Waals surface area contributed by atoms with Crippen LogP contribution in [-0.4, -0.2) is 20.0 Å². The van der Waals surface area contributed by atoms with E-state index in [4.69, 9.17) is 9.97 Å². The number of aromatic nitrogens is 2. The zero-order valence-corrected chi connectivity index (χ0v) is 19.6. The predicted octanol–water partition coefficient (Wildman–Crippen LogP) is 5.59. The molecule has 1 N–H and O–H groups in total. The maximum atomic E-state index is 10.0. The highest BCUT2D eigenvalue weighted by Crippen LogP contribution is 2.35. The number of pyridine rings is 2. The van der Waals surface area contributed by atoms with Crippen molar-refractivity contribution in [2.45, 2.75) is 45.0 Å². The lowest BCUT2D eigenvalue weighted by atomic mass is 9.90. The molecule has 174 valence electrons. The van der Waals surface area contributed by atoms with Crippen molar-refractivity contribution in [3.8, 4) is 17.2 Å². The number of fused-ring (bicyclic) bond motifs is 1. The number of nitriles is 1. The van der Waals surface area contributed by atoms with E-state index in [-0.39, 0.29) is 12.6 Å². The van der Waals surface area contributed by atoms with E-state index in [1.54, 1.807) is 6.07 Å². The van der Waals surface area contributed by atoms with E-state index in [1.807, 2.05) is 54.9 Å². The Morgan fingerprint density at radius 3 is 2.60 bits per heavy atom. The second kappa shape index (κ2) is 10.6. The van der Waals surface area contributed by atoms with E-state index < -0.39 is 0 Å². The molecule has 1 unspecified atom stereocenters. The average Bonchev–Trinajstić information content (AvgIpc) is 2.93. The molecular weight excluding hydrogens is 432 g/mol. The maximum Gasteiger partial charge on any atom is 0.0991 e. The molecule has 5 heteroatoms. The molecule has 5 nitrogen and oxygen atoms in total. The summed E-state index contributed by atoms with van der Waals surface area (Å²) in [5.74, 6) is 0. The zero-order chi connectivity index (χ0) is 24.0. The number of benzene rings is 2. The first kappa shape index (κ1) is 22.9. The molecule has 5 rings (SSSR count). The molecule has 0 bridgehead atoms. The van der Waals surface area contributed by atoms with Crippen LogP contribution in [0.3, 0.4) is 0 Å². The highest BCUT2D eigenvalue weighted by molar-refractivity contribution is 5.63. The number of rotatable bonds is 7. The lowest BCUT2D eigenvalue weighted by Gasteiger charge is -2.35. The standard InChI is InChI=1S/C30H28N4O/c31-18-22-11-12-26(27(16-22)21-35)19-34(29-10-4-8-24-9-5-14-33-30(24)29)20-28-17-25(13-15-32-28)23-6-2-1-3-7-23/h1-3,5-7,9,11-17,29,35H,4,8,10,19-21H2. The van der Waals surface area contributed by atoms with Gasteiger partial charge < -0.3 is 5.11 Å². The van der Waals surface area contributed by atoms with Gasteiger partial charge in [-0.15, -0.1) is 0 Å². The van der Waals surface area contributed by atoms with Gasteiger partial charge in [0, 0.05) is 25.5 Å². The minimum Gasteiger partial charge on any atom is -0.392 e. The Hall–Kier alpha value is -3.85. The van der Waals surface area contributed by atoms with Crippen LogP contribution in [0.25, 0.3) is 11.1 Å². The quantitative estimate of drug-likeness (QED) is 0.389. The van der Waals surface area contributed by atoms with Crippen LogP contribution in [0.2, 0.25) is 0 Å². The monoisotopic (exact) mass is 460 g/mol. The van der Waals surface area contributed by atoms with Gasteiger partial charge in [-0.3, -0.25) is 14.9 Å². The molecule has 4 aromatic rings. The summed E-state index contributed by atoms with van der Waals surface area (Å²) in [5.41, 5.74) is 8.12. The fourth-order valence-corrected chi connectivity index (χ4v) is 5.02. The lowest BCUT2D eigenvalue weighted by molar-refractivity contribution is 0.153. The Morgan fingerprint density at radius 2 is 1.77 bits per heavy atom. The van der Waals surface area contributed by atoms with Crippen molar-refractivity contribution in [2.24, 2.45) is 0 Å². The predicted molar refractivity (Wildman–Crippen MR) is 136 cm³/mol. The van der Waals surface area contributed by atoms with Gasteiger partial charge in [0.2, 0.25) is 0 Å². The van der Waals surface area contributed by atoms with Gasteiger partial charge in [0.05, 0.1) is 35.7 Å². The van der Waals surface area contributed by atoms with Gasteiger partial charge in [0.1, 0.15) is 0 Å².